The summed E-state index contributed by atoms with van der Waals surface area (Å²) in [5, 5.41) is 3.11. The van der Waals surface area contributed by atoms with E-state index in [1.807, 2.05) is 7.05 Å². The number of nitrogens with one attached hydrogen (secondary N) is 1. The monoisotopic (exact) mass is 235 g/mol. The van der Waals surface area contributed by atoms with Crippen molar-refractivity contribution in [2.24, 2.45) is 0 Å². The highest BCUT2D eigenvalue weighted by Crippen LogP contribution is 2.05. The minimum absolute atomic E-state index is 0.637. The van der Waals surface area contributed by atoms with Crippen LogP contribution in [0.1, 0.15) is 6.42 Å². The van der Waals surface area contributed by atoms with Crippen LogP contribution >= 0.6 is 0 Å². The van der Waals surface area contributed by atoms with E-state index in [1.54, 1.807) is 4.31 Å². The van der Waals surface area contributed by atoms with Crippen molar-refractivity contribution >= 4 is 10.0 Å². The predicted octanol–water partition coefficient (Wildman–Crippen LogP) is -0.827. The summed E-state index contributed by atoms with van der Waals surface area (Å²) in [5.41, 5.74) is 0. The fourth-order valence-corrected chi connectivity index (χ4v) is 2.59. The molecule has 0 saturated carbocycles. The molecule has 1 saturated heterocycles. The molecular formula is C9H21N3O2S. The van der Waals surface area contributed by atoms with Crippen LogP contribution in [0.15, 0.2) is 0 Å². The lowest BCUT2D eigenvalue weighted by Gasteiger charge is -2.33. The van der Waals surface area contributed by atoms with E-state index in [9.17, 15) is 8.42 Å². The van der Waals surface area contributed by atoms with Gasteiger partial charge in [-0.25, -0.2) is 8.42 Å². The number of nitrogens with zero attached hydrogens (tertiary/aromatic N) is 2. The van der Waals surface area contributed by atoms with Crippen molar-refractivity contribution in [3.05, 3.63) is 0 Å². The minimum atomic E-state index is -2.98. The van der Waals surface area contributed by atoms with Gasteiger partial charge in [-0.1, -0.05) is 0 Å². The molecule has 1 N–H and O–H groups in total. The van der Waals surface area contributed by atoms with Gasteiger partial charge in [0, 0.05) is 26.2 Å². The van der Waals surface area contributed by atoms with Crippen LogP contribution in [0.4, 0.5) is 0 Å². The Bertz CT molecular complexity index is 271. The van der Waals surface area contributed by atoms with Gasteiger partial charge in [-0.05, 0) is 26.6 Å². The number of rotatable bonds is 5. The van der Waals surface area contributed by atoms with E-state index >= 15 is 0 Å². The van der Waals surface area contributed by atoms with Crippen LogP contribution in [0.2, 0.25) is 0 Å². The van der Waals surface area contributed by atoms with Crippen LogP contribution in [0.25, 0.3) is 0 Å². The predicted molar refractivity (Wildman–Crippen MR) is 61.4 cm³/mol. The fourth-order valence-electron chi connectivity index (χ4n) is 1.76. The SMILES string of the molecule is CNCCCN1CCN(S(C)(=O)=O)CC1. The third-order valence-electron chi connectivity index (χ3n) is 2.70. The molecule has 0 radical (unpaired) electrons. The Labute approximate surface area is 92.5 Å². The van der Waals surface area contributed by atoms with Gasteiger partial charge in [-0.3, -0.25) is 0 Å². The van der Waals surface area contributed by atoms with Gasteiger partial charge in [-0.15, -0.1) is 0 Å². The molecule has 0 bridgehead atoms. The van der Waals surface area contributed by atoms with Crippen LogP contribution in [0, 0.1) is 0 Å². The summed E-state index contributed by atoms with van der Waals surface area (Å²) in [6, 6.07) is 0. The maximum absolute atomic E-state index is 11.3. The first-order chi connectivity index (χ1) is 7.04. The number of sulfonamides is 1. The fraction of sp³-hybridized carbons (Fsp3) is 1.00. The summed E-state index contributed by atoms with van der Waals surface area (Å²) >= 11 is 0. The maximum atomic E-state index is 11.3. The van der Waals surface area contributed by atoms with E-state index in [1.165, 1.54) is 6.26 Å². The second kappa shape index (κ2) is 5.79. The van der Waals surface area contributed by atoms with Gasteiger partial charge < -0.3 is 10.2 Å². The second-order valence-corrected chi connectivity index (χ2v) is 5.94. The number of hydrogen-bond acceptors (Lipinski definition) is 4. The van der Waals surface area contributed by atoms with Crippen molar-refractivity contribution in [1.82, 2.24) is 14.5 Å². The first-order valence-electron chi connectivity index (χ1n) is 5.36. The lowest BCUT2D eigenvalue weighted by atomic mass is 10.3. The quantitative estimate of drug-likeness (QED) is 0.632. The molecule has 1 heterocycles. The molecule has 0 spiro atoms. The molecule has 0 aromatic rings. The van der Waals surface area contributed by atoms with Crippen LogP contribution in [0.5, 0.6) is 0 Å². The van der Waals surface area contributed by atoms with Gasteiger partial charge in [0.1, 0.15) is 0 Å². The van der Waals surface area contributed by atoms with Gasteiger partial charge in [0.25, 0.3) is 0 Å². The number of piperazine rings is 1. The average molecular weight is 235 g/mol. The molecule has 0 unspecified atom stereocenters. The van der Waals surface area contributed by atoms with E-state index < -0.39 is 10.0 Å². The smallest absolute Gasteiger partial charge is 0.211 e. The standard InChI is InChI=1S/C9H21N3O2S/c1-10-4-3-5-11-6-8-12(9-7-11)15(2,13)14/h10H,3-9H2,1-2H3. The van der Waals surface area contributed by atoms with Crippen molar-refractivity contribution in [1.29, 1.82) is 0 Å². The Hall–Kier alpha value is -0.170. The van der Waals surface area contributed by atoms with E-state index in [0.29, 0.717) is 13.1 Å². The second-order valence-electron chi connectivity index (χ2n) is 3.96. The summed E-state index contributed by atoms with van der Waals surface area (Å²) in [6.45, 7) is 5.06. The van der Waals surface area contributed by atoms with E-state index in [2.05, 4.69) is 10.2 Å². The molecule has 6 heteroatoms. The topological polar surface area (TPSA) is 52.6 Å². The van der Waals surface area contributed by atoms with Crippen molar-refractivity contribution in [3.63, 3.8) is 0 Å². The molecular weight excluding hydrogens is 214 g/mol. The van der Waals surface area contributed by atoms with Gasteiger partial charge in [-0.2, -0.15) is 4.31 Å². The van der Waals surface area contributed by atoms with Crippen molar-refractivity contribution in [2.75, 3.05) is 52.6 Å². The summed E-state index contributed by atoms with van der Waals surface area (Å²) in [5.74, 6) is 0. The zero-order valence-electron chi connectivity index (χ0n) is 9.57. The summed E-state index contributed by atoms with van der Waals surface area (Å²) in [7, 11) is -1.03. The Morgan fingerprint density at radius 2 is 1.80 bits per heavy atom. The summed E-state index contributed by atoms with van der Waals surface area (Å²) in [6.07, 6.45) is 2.40. The molecule has 15 heavy (non-hydrogen) atoms. The molecule has 1 fully saturated rings. The normalized spacial score (nSPS) is 20.7. The van der Waals surface area contributed by atoms with Crippen molar-refractivity contribution < 1.29 is 8.42 Å². The van der Waals surface area contributed by atoms with Gasteiger partial charge in [0.05, 0.1) is 6.26 Å². The Morgan fingerprint density at radius 3 is 2.27 bits per heavy atom. The largest absolute Gasteiger partial charge is 0.320 e. The Balaban J connectivity index is 2.24. The molecule has 1 aliphatic rings. The van der Waals surface area contributed by atoms with Crippen LogP contribution in [0.3, 0.4) is 0 Å². The highest BCUT2D eigenvalue weighted by molar-refractivity contribution is 7.88. The molecule has 0 atom stereocenters. The maximum Gasteiger partial charge on any atom is 0.211 e. The van der Waals surface area contributed by atoms with Gasteiger partial charge in [0.15, 0.2) is 0 Å². The minimum Gasteiger partial charge on any atom is -0.320 e. The molecule has 1 rings (SSSR count). The third kappa shape index (κ3) is 4.46. The zero-order valence-corrected chi connectivity index (χ0v) is 10.4. The van der Waals surface area contributed by atoms with Gasteiger partial charge in [0.2, 0.25) is 10.0 Å². The average Bonchev–Trinajstić information content (AvgIpc) is 2.18. The highest BCUT2D eigenvalue weighted by Gasteiger charge is 2.22. The molecule has 0 aromatic heterocycles. The highest BCUT2D eigenvalue weighted by atomic mass is 32.2. The molecule has 0 aromatic carbocycles. The third-order valence-corrected chi connectivity index (χ3v) is 4.00. The van der Waals surface area contributed by atoms with E-state index in [-0.39, 0.29) is 0 Å². The van der Waals surface area contributed by atoms with Gasteiger partial charge >= 0.3 is 0 Å². The van der Waals surface area contributed by atoms with Crippen LogP contribution in [-0.2, 0) is 10.0 Å². The van der Waals surface area contributed by atoms with E-state index in [0.717, 1.165) is 32.6 Å². The number of hydrogen-bond donors (Lipinski definition) is 1. The van der Waals surface area contributed by atoms with Crippen molar-refractivity contribution in [3.8, 4) is 0 Å². The first-order valence-corrected chi connectivity index (χ1v) is 7.21. The molecule has 5 nitrogen and oxygen atoms in total. The van der Waals surface area contributed by atoms with Crippen LogP contribution in [-0.4, -0.2) is 70.2 Å². The van der Waals surface area contributed by atoms with Crippen molar-refractivity contribution in [2.45, 2.75) is 6.42 Å². The lowest BCUT2D eigenvalue weighted by Crippen LogP contribution is -2.48. The lowest BCUT2D eigenvalue weighted by molar-refractivity contribution is 0.187. The first kappa shape index (κ1) is 12.9. The molecule has 90 valence electrons. The zero-order chi connectivity index (χ0) is 11.3. The molecule has 1 aliphatic heterocycles. The van der Waals surface area contributed by atoms with E-state index in [4.69, 9.17) is 0 Å². The summed E-state index contributed by atoms with van der Waals surface area (Å²) in [4.78, 5) is 2.32. The Morgan fingerprint density at radius 1 is 1.20 bits per heavy atom. The summed E-state index contributed by atoms with van der Waals surface area (Å²) < 4.78 is 24.1. The Kier molecular flexibility index (Phi) is 4.98. The molecule has 0 aliphatic carbocycles. The molecule has 0 amide bonds. The van der Waals surface area contributed by atoms with Crippen LogP contribution < -0.4 is 5.32 Å².